The van der Waals surface area contributed by atoms with E-state index in [-0.39, 0.29) is 0 Å². The fourth-order valence-electron chi connectivity index (χ4n) is 3.67. The molecule has 0 bridgehead atoms. The Morgan fingerprint density at radius 2 is 1.85 bits per heavy atom. The van der Waals surface area contributed by atoms with Crippen molar-refractivity contribution in [1.29, 1.82) is 0 Å². The zero-order chi connectivity index (χ0) is 9.26. The molecule has 1 N–H and O–H groups in total. The van der Waals surface area contributed by atoms with Gasteiger partial charge in [-0.2, -0.15) is 0 Å². The lowest BCUT2D eigenvalue weighted by molar-refractivity contribution is -0.957. The molecule has 1 aliphatic carbocycles. The number of nitrogens with one attached hydrogen (secondary N) is 1. The highest BCUT2D eigenvalue weighted by atomic mass is 15.2. The van der Waals surface area contributed by atoms with Crippen LogP contribution in [0.5, 0.6) is 0 Å². The van der Waals surface area contributed by atoms with Crippen LogP contribution in [-0.2, 0) is 0 Å². The van der Waals surface area contributed by atoms with E-state index < -0.39 is 0 Å². The molecule has 1 saturated carbocycles. The van der Waals surface area contributed by atoms with Gasteiger partial charge in [0.1, 0.15) is 0 Å². The van der Waals surface area contributed by atoms with Gasteiger partial charge in [0.2, 0.25) is 0 Å². The van der Waals surface area contributed by atoms with E-state index >= 15 is 0 Å². The molecule has 2 aliphatic rings. The smallest absolute Gasteiger partial charge is 0.0905 e. The SMILES string of the molecule is CC[NH+]1C(C)CCC2CCCC[C@H]21. The minimum absolute atomic E-state index is 0.935. The van der Waals surface area contributed by atoms with E-state index in [1.807, 2.05) is 4.90 Å². The second-order valence-corrected chi connectivity index (χ2v) is 5.06. The summed E-state index contributed by atoms with van der Waals surface area (Å²) in [6.07, 6.45) is 9.04. The van der Waals surface area contributed by atoms with Gasteiger partial charge in [-0.15, -0.1) is 0 Å². The predicted octanol–water partition coefficient (Wildman–Crippen LogP) is 1.63. The maximum absolute atomic E-state index is 2.45. The maximum Gasteiger partial charge on any atom is 0.0905 e. The molecule has 13 heavy (non-hydrogen) atoms. The van der Waals surface area contributed by atoms with Crippen LogP contribution in [0, 0.1) is 5.92 Å². The van der Waals surface area contributed by atoms with Crippen molar-refractivity contribution in [3.63, 3.8) is 0 Å². The first kappa shape index (κ1) is 9.51. The number of quaternary nitrogens is 1. The molecule has 4 atom stereocenters. The molecule has 2 rings (SSSR count). The molecule has 1 heterocycles. The van der Waals surface area contributed by atoms with Gasteiger partial charge in [0, 0.05) is 5.92 Å². The van der Waals surface area contributed by atoms with Crippen LogP contribution >= 0.6 is 0 Å². The van der Waals surface area contributed by atoms with E-state index in [2.05, 4.69) is 13.8 Å². The van der Waals surface area contributed by atoms with Crippen molar-refractivity contribution in [2.75, 3.05) is 6.54 Å². The second kappa shape index (κ2) is 4.00. The number of likely N-dealkylation sites (tertiary alicyclic amines) is 1. The minimum atomic E-state index is 0.935. The molecule has 0 radical (unpaired) electrons. The molecule has 76 valence electrons. The fraction of sp³-hybridized carbons (Fsp3) is 1.00. The van der Waals surface area contributed by atoms with Crippen LogP contribution in [0.3, 0.4) is 0 Å². The zero-order valence-electron chi connectivity index (χ0n) is 9.18. The highest BCUT2D eigenvalue weighted by molar-refractivity contribution is 4.79. The molecule has 1 saturated heterocycles. The average molecular weight is 182 g/mol. The topological polar surface area (TPSA) is 4.44 Å². The Kier molecular flexibility index (Phi) is 2.92. The number of hydrogen-bond acceptors (Lipinski definition) is 0. The molecule has 0 amide bonds. The molecule has 0 aromatic rings. The Hall–Kier alpha value is -0.0400. The van der Waals surface area contributed by atoms with E-state index in [4.69, 9.17) is 0 Å². The third-order valence-corrected chi connectivity index (χ3v) is 4.40. The monoisotopic (exact) mass is 182 g/mol. The van der Waals surface area contributed by atoms with Gasteiger partial charge < -0.3 is 4.90 Å². The van der Waals surface area contributed by atoms with Crippen LogP contribution in [0.2, 0.25) is 0 Å². The second-order valence-electron chi connectivity index (χ2n) is 5.06. The highest BCUT2D eigenvalue weighted by Crippen LogP contribution is 2.29. The Bertz CT molecular complexity index is 167. The number of hydrogen-bond donors (Lipinski definition) is 1. The highest BCUT2D eigenvalue weighted by Gasteiger charge is 2.38. The molecular formula is C12H24N+. The lowest BCUT2D eigenvalue weighted by atomic mass is 9.76. The lowest BCUT2D eigenvalue weighted by Gasteiger charge is -2.44. The van der Waals surface area contributed by atoms with Crippen LogP contribution in [-0.4, -0.2) is 18.6 Å². The quantitative estimate of drug-likeness (QED) is 0.629. The summed E-state index contributed by atoms with van der Waals surface area (Å²) in [5.74, 6) is 1.08. The largest absolute Gasteiger partial charge is 0.330 e. The molecule has 1 nitrogen and oxygen atoms in total. The van der Waals surface area contributed by atoms with Gasteiger partial charge in [-0.3, -0.25) is 0 Å². The maximum atomic E-state index is 2.45. The Balaban J connectivity index is 2.04. The summed E-state index contributed by atoms with van der Waals surface area (Å²) < 4.78 is 0. The van der Waals surface area contributed by atoms with Gasteiger partial charge in [0.25, 0.3) is 0 Å². The summed E-state index contributed by atoms with van der Waals surface area (Å²) in [6.45, 7) is 6.16. The van der Waals surface area contributed by atoms with Gasteiger partial charge in [0.15, 0.2) is 0 Å². The van der Waals surface area contributed by atoms with Crippen LogP contribution in [0.15, 0.2) is 0 Å². The third-order valence-electron chi connectivity index (χ3n) is 4.40. The van der Waals surface area contributed by atoms with Gasteiger partial charge >= 0.3 is 0 Å². The average Bonchev–Trinajstić information content (AvgIpc) is 2.18. The number of piperidine rings is 1. The lowest BCUT2D eigenvalue weighted by Crippen LogP contribution is -3.20. The van der Waals surface area contributed by atoms with Crippen LogP contribution in [0.25, 0.3) is 0 Å². The molecule has 0 aromatic carbocycles. The van der Waals surface area contributed by atoms with Gasteiger partial charge in [0.05, 0.1) is 18.6 Å². The molecule has 3 unspecified atom stereocenters. The van der Waals surface area contributed by atoms with Crippen molar-refractivity contribution in [3.05, 3.63) is 0 Å². The number of rotatable bonds is 1. The third kappa shape index (κ3) is 1.76. The summed E-state index contributed by atoms with van der Waals surface area (Å²) in [5.41, 5.74) is 0. The summed E-state index contributed by atoms with van der Waals surface area (Å²) in [7, 11) is 0. The van der Waals surface area contributed by atoms with E-state index in [1.165, 1.54) is 45.1 Å². The minimum Gasteiger partial charge on any atom is -0.330 e. The zero-order valence-corrected chi connectivity index (χ0v) is 9.18. The first-order chi connectivity index (χ1) is 6.33. The predicted molar refractivity (Wildman–Crippen MR) is 55.9 cm³/mol. The van der Waals surface area contributed by atoms with Crippen molar-refractivity contribution in [3.8, 4) is 0 Å². The van der Waals surface area contributed by atoms with Crippen molar-refractivity contribution in [2.45, 2.75) is 64.5 Å². The summed E-state index contributed by atoms with van der Waals surface area (Å²) in [5, 5.41) is 0. The first-order valence-corrected chi connectivity index (χ1v) is 6.18. The van der Waals surface area contributed by atoms with E-state index in [0.717, 1.165) is 18.0 Å². The molecule has 2 fully saturated rings. The summed E-state index contributed by atoms with van der Waals surface area (Å²) in [6, 6.07) is 1.96. The number of fused-ring (bicyclic) bond motifs is 1. The van der Waals surface area contributed by atoms with Crippen LogP contribution in [0.4, 0.5) is 0 Å². The van der Waals surface area contributed by atoms with Crippen LogP contribution in [0.1, 0.15) is 52.4 Å². The van der Waals surface area contributed by atoms with E-state index in [1.54, 1.807) is 0 Å². The standard InChI is InChI=1S/C12H23N/c1-3-13-10(2)8-9-11-6-4-5-7-12(11)13/h10-12H,3-9H2,1-2H3/p+1/t10?,11?,12-/m1/s1. The van der Waals surface area contributed by atoms with Crippen molar-refractivity contribution in [2.24, 2.45) is 5.92 Å². The van der Waals surface area contributed by atoms with Crippen molar-refractivity contribution >= 4 is 0 Å². The molecule has 1 heteroatoms. The molecule has 1 aliphatic heterocycles. The van der Waals surface area contributed by atoms with Gasteiger partial charge in [-0.05, 0) is 46.0 Å². The molecular weight excluding hydrogens is 158 g/mol. The Morgan fingerprint density at radius 1 is 1.08 bits per heavy atom. The van der Waals surface area contributed by atoms with Gasteiger partial charge in [-0.1, -0.05) is 6.42 Å². The van der Waals surface area contributed by atoms with E-state index in [0.29, 0.717) is 0 Å². The van der Waals surface area contributed by atoms with Gasteiger partial charge in [-0.25, -0.2) is 0 Å². The van der Waals surface area contributed by atoms with Crippen molar-refractivity contribution < 1.29 is 4.90 Å². The van der Waals surface area contributed by atoms with Crippen molar-refractivity contribution in [1.82, 2.24) is 0 Å². The Morgan fingerprint density at radius 3 is 2.62 bits per heavy atom. The van der Waals surface area contributed by atoms with E-state index in [9.17, 15) is 0 Å². The Labute approximate surface area is 82.5 Å². The normalized spacial score (nSPS) is 45.7. The van der Waals surface area contributed by atoms with Crippen LogP contribution < -0.4 is 4.90 Å². The molecule has 0 spiro atoms. The first-order valence-electron chi connectivity index (χ1n) is 6.18. The summed E-state index contributed by atoms with van der Waals surface area (Å²) in [4.78, 5) is 1.91. The summed E-state index contributed by atoms with van der Waals surface area (Å²) >= 11 is 0. The molecule has 0 aromatic heterocycles. The fourth-order valence-corrected chi connectivity index (χ4v) is 3.67.